The number of unbranched alkanes of at least 4 members (excludes halogenated alkanes) is 32. The highest BCUT2D eigenvalue weighted by molar-refractivity contribution is 5.76. The van der Waals surface area contributed by atoms with Crippen molar-refractivity contribution in [1.29, 1.82) is 0 Å². The first-order valence-electron chi connectivity index (χ1n) is 25.8. The average Bonchev–Trinajstić information content (AvgIpc) is 3.24. The number of carbonyl (C=O) groups is 2. The zero-order valence-corrected chi connectivity index (χ0v) is 39.2. The van der Waals surface area contributed by atoms with Crippen molar-refractivity contribution in [2.24, 2.45) is 0 Å². The molecule has 0 aromatic carbocycles. The highest BCUT2D eigenvalue weighted by Crippen LogP contribution is 2.14. The second-order valence-corrected chi connectivity index (χ2v) is 17.5. The highest BCUT2D eigenvalue weighted by Gasteiger charge is 2.18. The molecule has 0 aromatic heterocycles. The van der Waals surface area contributed by atoms with E-state index in [0.717, 1.165) is 70.6 Å². The number of hydrogen-bond acceptors (Lipinski definition) is 5. The van der Waals surface area contributed by atoms with Gasteiger partial charge in [0.25, 0.3) is 0 Å². The van der Waals surface area contributed by atoms with Gasteiger partial charge in [0.1, 0.15) is 0 Å². The van der Waals surface area contributed by atoms with Gasteiger partial charge in [0.2, 0.25) is 5.91 Å². The van der Waals surface area contributed by atoms with Crippen LogP contribution in [0.2, 0.25) is 0 Å². The van der Waals surface area contributed by atoms with E-state index >= 15 is 0 Å². The summed E-state index contributed by atoms with van der Waals surface area (Å²) in [6.07, 6.45) is 58.5. The van der Waals surface area contributed by atoms with Crippen molar-refractivity contribution >= 4 is 11.9 Å². The van der Waals surface area contributed by atoms with E-state index in [1.54, 1.807) is 6.08 Å². The number of amides is 1. The Morgan fingerprint density at radius 3 is 1.20 bits per heavy atom. The SMILES string of the molecule is CCCCCCC/C=C\CCCCCCCC(=O)OCCCCCC/C=C\CCCCCCCCCC(=O)NC(CO)C(O)/C=C/CCCCCCCCCCCCC. The molecule has 0 fully saturated rings. The fourth-order valence-corrected chi connectivity index (χ4v) is 7.62. The topological polar surface area (TPSA) is 95.9 Å². The van der Waals surface area contributed by atoms with Crippen LogP contribution >= 0.6 is 0 Å². The Balaban J connectivity index is 3.51. The first-order chi connectivity index (χ1) is 29.0. The summed E-state index contributed by atoms with van der Waals surface area (Å²) in [6, 6.07) is -0.639. The van der Waals surface area contributed by atoms with Gasteiger partial charge in [-0.25, -0.2) is 0 Å². The van der Waals surface area contributed by atoms with Crippen LogP contribution in [0.25, 0.3) is 0 Å². The van der Waals surface area contributed by atoms with E-state index in [1.165, 1.54) is 167 Å². The van der Waals surface area contributed by atoms with Crippen molar-refractivity contribution < 1.29 is 24.5 Å². The smallest absolute Gasteiger partial charge is 0.305 e. The Hall–Kier alpha value is -1.92. The summed E-state index contributed by atoms with van der Waals surface area (Å²) in [7, 11) is 0. The van der Waals surface area contributed by atoms with Crippen LogP contribution in [-0.4, -0.2) is 47.4 Å². The molecule has 6 heteroatoms. The number of carbonyl (C=O) groups excluding carboxylic acids is 2. The van der Waals surface area contributed by atoms with Crippen molar-refractivity contribution in [1.82, 2.24) is 5.32 Å². The molecule has 0 aromatic rings. The Bertz CT molecular complexity index is 962. The second kappa shape index (κ2) is 48.7. The first kappa shape index (κ1) is 57.1. The van der Waals surface area contributed by atoms with Crippen LogP contribution in [0.5, 0.6) is 0 Å². The third-order valence-electron chi connectivity index (χ3n) is 11.6. The van der Waals surface area contributed by atoms with E-state index in [1.807, 2.05) is 6.08 Å². The molecule has 0 rings (SSSR count). The van der Waals surface area contributed by atoms with Crippen molar-refractivity contribution in [3.63, 3.8) is 0 Å². The lowest BCUT2D eigenvalue weighted by Crippen LogP contribution is -2.45. The molecule has 6 nitrogen and oxygen atoms in total. The lowest BCUT2D eigenvalue weighted by Gasteiger charge is -2.20. The summed E-state index contributed by atoms with van der Waals surface area (Å²) in [6.45, 7) is 4.84. The molecular weight excluding hydrogens is 731 g/mol. The number of hydrogen-bond donors (Lipinski definition) is 3. The van der Waals surface area contributed by atoms with Crippen LogP contribution in [0.1, 0.15) is 264 Å². The van der Waals surface area contributed by atoms with E-state index in [-0.39, 0.29) is 18.5 Å². The second-order valence-electron chi connectivity index (χ2n) is 17.5. The molecule has 0 aliphatic heterocycles. The van der Waals surface area contributed by atoms with Gasteiger partial charge in [-0.2, -0.15) is 0 Å². The number of aliphatic hydroxyl groups excluding tert-OH is 2. The van der Waals surface area contributed by atoms with E-state index in [9.17, 15) is 19.8 Å². The van der Waals surface area contributed by atoms with Gasteiger partial charge in [-0.3, -0.25) is 9.59 Å². The largest absolute Gasteiger partial charge is 0.466 e. The first-order valence-corrected chi connectivity index (χ1v) is 25.8. The average molecular weight is 830 g/mol. The molecule has 0 aliphatic carbocycles. The standard InChI is InChI=1S/C53H99NO5/c1-3-5-7-9-11-13-15-17-23-27-31-35-39-43-47-53(58)59-48-44-40-36-32-28-24-20-18-19-22-26-30-34-38-42-46-52(57)54-50(49-55)51(56)45-41-37-33-29-25-21-16-14-12-10-8-6-4-2/h15,17,20,24,41,45,50-51,55-56H,3-14,16,18-19,21-23,25-40,42-44,46-49H2,1-2H3,(H,54,57)/b17-15-,24-20-,45-41+. The zero-order chi connectivity index (χ0) is 43.0. The van der Waals surface area contributed by atoms with Gasteiger partial charge in [-0.15, -0.1) is 0 Å². The maximum absolute atomic E-state index is 12.4. The minimum atomic E-state index is -0.854. The van der Waals surface area contributed by atoms with Gasteiger partial charge in [0.15, 0.2) is 0 Å². The Morgan fingerprint density at radius 2 is 0.797 bits per heavy atom. The van der Waals surface area contributed by atoms with Crippen molar-refractivity contribution in [3.05, 3.63) is 36.5 Å². The fourth-order valence-electron chi connectivity index (χ4n) is 7.62. The number of esters is 1. The molecule has 0 heterocycles. The molecule has 346 valence electrons. The van der Waals surface area contributed by atoms with Gasteiger partial charge in [0, 0.05) is 12.8 Å². The van der Waals surface area contributed by atoms with E-state index in [2.05, 4.69) is 43.5 Å². The minimum Gasteiger partial charge on any atom is -0.466 e. The summed E-state index contributed by atoms with van der Waals surface area (Å²) in [5.41, 5.74) is 0. The molecule has 1 amide bonds. The van der Waals surface area contributed by atoms with Crippen molar-refractivity contribution in [3.8, 4) is 0 Å². The maximum atomic E-state index is 12.4. The minimum absolute atomic E-state index is 0.0205. The van der Waals surface area contributed by atoms with Crippen LogP contribution < -0.4 is 5.32 Å². The molecule has 0 aliphatic rings. The van der Waals surface area contributed by atoms with Crippen molar-refractivity contribution in [2.75, 3.05) is 13.2 Å². The third kappa shape index (κ3) is 45.4. The predicted octanol–water partition coefficient (Wildman–Crippen LogP) is 15.3. The Labute approximate surface area is 366 Å². The van der Waals surface area contributed by atoms with Gasteiger partial charge in [0.05, 0.1) is 25.4 Å². The normalized spacial score (nSPS) is 12.9. The summed E-state index contributed by atoms with van der Waals surface area (Å²) in [5.74, 6) is -0.105. The van der Waals surface area contributed by atoms with Crippen LogP contribution in [0.3, 0.4) is 0 Å². The Morgan fingerprint density at radius 1 is 0.458 bits per heavy atom. The van der Waals surface area contributed by atoms with Gasteiger partial charge in [-0.1, -0.05) is 204 Å². The number of aliphatic hydroxyl groups is 2. The van der Waals surface area contributed by atoms with Crippen LogP contribution in [0.4, 0.5) is 0 Å². The lowest BCUT2D eigenvalue weighted by molar-refractivity contribution is -0.143. The molecule has 3 N–H and O–H groups in total. The third-order valence-corrected chi connectivity index (χ3v) is 11.6. The van der Waals surface area contributed by atoms with E-state index < -0.39 is 12.1 Å². The number of rotatable bonds is 47. The molecule has 0 saturated heterocycles. The molecular formula is C53H99NO5. The zero-order valence-electron chi connectivity index (χ0n) is 39.2. The van der Waals surface area contributed by atoms with E-state index in [0.29, 0.717) is 19.4 Å². The summed E-state index contributed by atoms with van der Waals surface area (Å²) in [4.78, 5) is 24.4. The predicted molar refractivity (Wildman–Crippen MR) is 255 cm³/mol. The van der Waals surface area contributed by atoms with Gasteiger partial charge < -0.3 is 20.3 Å². The van der Waals surface area contributed by atoms with Crippen LogP contribution in [0.15, 0.2) is 36.5 Å². The lowest BCUT2D eigenvalue weighted by atomic mass is 10.0. The monoisotopic (exact) mass is 830 g/mol. The molecule has 2 atom stereocenters. The molecule has 0 radical (unpaired) electrons. The summed E-state index contributed by atoms with van der Waals surface area (Å²) in [5, 5.41) is 23.0. The number of nitrogens with one attached hydrogen (secondary N) is 1. The maximum Gasteiger partial charge on any atom is 0.305 e. The Kier molecular flexibility index (Phi) is 47.2. The number of allylic oxidation sites excluding steroid dienone is 5. The van der Waals surface area contributed by atoms with Crippen molar-refractivity contribution in [2.45, 2.75) is 276 Å². The van der Waals surface area contributed by atoms with Crippen LogP contribution in [0, 0.1) is 0 Å². The molecule has 0 spiro atoms. The molecule has 2 unspecified atom stereocenters. The van der Waals surface area contributed by atoms with Gasteiger partial charge in [-0.05, 0) is 83.5 Å². The fraction of sp³-hybridized carbons (Fsp3) is 0.849. The summed E-state index contributed by atoms with van der Waals surface area (Å²) >= 11 is 0. The van der Waals surface area contributed by atoms with Crippen LogP contribution in [-0.2, 0) is 14.3 Å². The highest BCUT2D eigenvalue weighted by atomic mass is 16.5. The molecule has 0 saturated carbocycles. The number of ether oxygens (including phenoxy) is 1. The quantitative estimate of drug-likeness (QED) is 0.0323. The van der Waals surface area contributed by atoms with Gasteiger partial charge >= 0.3 is 5.97 Å². The molecule has 59 heavy (non-hydrogen) atoms. The molecule has 0 bridgehead atoms. The van der Waals surface area contributed by atoms with E-state index in [4.69, 9.17) is 4.74 Å². The summed E-state index contributed by atoms with van der Waals surface area (Å²) < 4.78 is 5.44.